The molecule has 0 aromatic heterocycles. The van der Waals surface area contributed by atoms with Gasteiger partial charge in [0.25, 0.3) is 0 Å². The van der Waals surface area contributed by atoms with Crippen LogP contribution in [-0.4, -0.2) is 36.1 Å². The topological polar surface area (TPSA) is 27.7 Å². The fourth-order valence-corrected chi connectivity index (χ4v) is 11.0. The number of fused-ring (bicyclic) bond motifs is 1. The minimum Gasteiger partial charge on any atom is -0.345 e. The van der Waals surface area contributed by atoms with E-state index in [0.29, 0.717) is 0 Å². The molecule has 2 aliphatic heterocycles. The van der Waals surface area contributed by atoms with Crippen molar-refractivity contribution in [1.29, 1.82) is 0 Å². The van der Waals surface area contributed by atoms with Gasteiger partial charge in [0.05, 0.1) is 6.10 Å². The molecule has 2 aliphatic rings. The molecule has 2 fully saturated rings. The molecule has 5 heteroatoms. The van der Waals surface area contributed by atoms with Crippen LogP contribution in [-0.2, 0) is 14.2 Å². The van der Waals surface area contributed by atoms with E-state index in [0.717, 1.165) is 6.16 Å². The molecular weight excluding hydrogens is 494 g/mol. The minimum atomic E-state index is -0.753. The van der Waals surface area contributed by atoms with E-state index in [-0.39, 0.29) is 24.2 Å². The predicted octanol–water partition coefficient (Wildman–Crippen LogP) is 5.50. The number of benzene rings is 4. The maximum Gasteiger partial charge on any atom is 0.188 e. The third kappa shape index (κ3) is 5.30. The van der Waals surface area contributed by atoms with Crippen molar-refractivity contribution in [3.63, 3.8) is 0 Å². The largest absolute Gasteiger partial charge is 0.345 e. The molecule has 2 heterocycles. The smallest absolute Gasteiger partial charge is 0.188 e. The van der Waals surface area contributed by atoms with Crippen LogP contribution in [0.5, 0.6) is 0 Å². The van der Waals surface area contributed by atoms with Gasteiger partial charge in [-0.3, -0.25) is 0 Å². The van der Waals surface area contributed by atoms with E-state index in [2.05, 4.69) is 121 Å². The normalized spacial score (nSPS) is 24.4. The first-order valence-electron chi connectivity index (χ1n) is 12.9. The second-order valence-corrected chi connectivity index (χ2v) is 14.6. The summed E-state index contributed by atoms with van der Waals surface area (Å²) in [6.07, 6.45) is 0.456. The summed E-state index contributed by atoms with van der Waals surface area (Å²) in [5, 5.41) is 5.43. The van der Waals surface area contributed by atoms with Crippen molar-refractivity contribution in [2.75, 3.05) is 6.16 Å². The average molecular weight is 527 g/mol. The lowest BCUT2D eigenvalue weighted by atomic mass is 10.2. The van der Waals surface area contributed by atoms with E-state index in [1.807, 2.05) is 13.8 Å². The van der Waals surface area contributed by atoms with Gasteiger partial charge in [0.1, 0.15) is 6.10 Å². The monoisotopic (exact) mass is 526 g/mol. The molecule has 4 aromatic carbocycles. The minimum absolute atomic E-state index is 0.00384. The van der Waals surface area contributed by atoms with Gasteiger partial charge in [0, 0.05) is 11.8 Å². The zero-order valence-electron chi connectivity index (χ0n) is 21.2. The molecule has 0 aliphatic carbocycles. The van der Waals surface area contributed by atoms with Gasteiger partial charge >= 0.3 is 0 Å². The van der Waals surface area contributed by atoms with Gasteiger partial charge in [-0.05, 0) is 50.9 Å². The summed E-state index contributed by atoms with van der Waals surface area (Å²) in [4.78, 5) is 0. The molecule has 0 amide bonds. The van der Waals surface area contributed by atoms with Crippen LogP contribution in [0.1, 0.15) is 13.8 Å². The average Bonchev–Trinajstić information content (AvgIpc) is 3.41. The third-order valence-electron chi connectivity index (χ3n) is 6.98. The molecule has 0 bridgehead atoms. The number of ether oxygens (including phenoxy) is 3. The van der Waals surface area contributed by atoms with Crippen LogP contribution in [0.3, 0.4) is 0 Å². The van der Waals surface area contributed by atoms with Gasteiger partial charge in [-0.25, -0.2) is 0 Å². The predicted molar refractivity (Wildman–Crippen MR) is 155 cm³/mol. The Hall–Kier alpha value is -2.38. The van der Waals surface area contributed by atoms with Crippen molar-refractivity contribution < 1.29 is 14.2 Å². The Bertz CT molecular complexity index is 1210. The van der Waals surface area contributed by atoms with Crippen molar-refractivity contribution >= 4 is 37.1 Å². The standard InChI is InChI=1S/C32H32O3P2/c1-32(2)34-29-30(37(26-19-11-5-12-20-26)27-21-13-6-14-22-27)28(33-31(29)35-32)23-36(24-15-7-3-8-16-24)25-17-9-4-10-18-25/h3-22,28-31H,23H2,1-2H3/t28-,29-,30-,31-/m1/s1. The fraction of sp³-hybridized carbons (Fsp3) is 0.250. The van der Waals surface area contributed by atoms with Gasteiger partial charge < -0.3 is 14.2 Å². The summed E-state index contributed by atoms with van der Waals surface area (Å²) in [6, 6.07) is 43.6. The highest BCUT2D eigenvalue weighted by Gasteiger charge is 2.57. The Labute approximate surface area is 222 Å². The summed E-state index contributed by atoms with van der Waals surface area (Å²) < 4.78 is 19.7. The molecule has 188 valence electrons. The van der Waals surface area contributed by atoms with Crippen molar-refractivity contribution in [2.45, 2.75) is 43.8 Å². The lowest BCUT2D eigenvalue weighted by molar-refractivity contribution is -0.201. The van der Waals surface area contributed by atoms with Gasteiger partial charge in [0.15, 0.2) is 12.1 Å². The molecule has 2 saturated heterocycles. The van der Waals surface area contributed by atoms with E-state index < -0.39 is 21.6 Å². The van der Waals surface area contributed by atoms with Crippen molar-refractivity contribution in [2.24, 2.45) is 0 Å². The Kier molecular flexibility index (Phi) is 7.26. The van der Waals surface area contributed by atoms with Crippen molar-refractivity contribution in [3.05, 3.63) is 121 Å². The highest BCUT2D eigenvalue weighted by Crippen LogP contribution is 2.54. The van der Waals surface area contributed by atoms with Crippen LogP contribution in [0.15, 0.2) is 121 Å². The van der Waals surface area contributed by atoms with Crippen LogP contribution in [0.25, 0.3) is 0 Å². The van der Waals surface area contributed by atoms with Crippen LogP contribution in [0.2, 0.25) is 0 Å². The molecule has 37 heavy (non-hydrogen) atoms. The second kappa shape index (κ2) is 10.8. The lowest BCUT2D eigenvalue weighted by Crippen LogP contribution is -2.40. The van der Waals surface area contributed by atoms with Crippen LogP contribution in [0, 0.1) is 0 Å². The zero-order valence-corrected chi connectivity index (χ0v) is 23.0. The highest BCUT2D eigenvalue weighted by atomic mass is 31.1. The first kappa shape index (κ1) is 24.9. The summed E-state index contributed by atoms with van der Waals surface area (Å²) in [7, 11) is -1.37. The van der Waals surface area contributed by atoms with E-state index in [1.165, 1.54) is 21.2 Å². The molecule has 0 unspecified atom stereocenters. The Morgan fingerprint density at radius 3 is 1.49 bits per heavy atom. The van der Waals surface area contributed by atoms with Crippen LogP contribution < -0.4 is 21.2 Å². The SMILES string of the molecule is CC1(C)O[C@H]2O[C@H](CP(c3ccccc3)c3ccccc3)[C@@H](P(c3ccccc3)c3ccccc3)[C@H]2O1. The van der Waals surface area contributed by atoms with Crippen LogP contribution in [0.4, 0.5) is 0 Å². The lowest BCUT2D eigenvalue weighted by Gasteiger charge is -2.34. The molecule has 0 saturated carbocycles. The second-order valence-electron chi connectivity index (χ2n) is 9.96. The Balaban J connectivity index is 1.43. The molecular formula is C32H32O3P2. The van der Waals surface area contributed by atoms with Crippen molar-refractivity contribution in [1.82, 2.24) is 0 Å². The fourth-order valence-electron chi connectivity index (χ4n) is 5.45. The first-order valence-corrected chi connectivity index (χ1v) is 15.8. The van der Waals surface area contributed by atoms with Gasteiger partial charge in [-0.1, -0.05) is 121 Å². The number of hydrogen-bond acceptors (Lipinski definition) is 3. The summed E-state index contributed by atoms with van der Waals surface area (Å²) >= 11 is 0. The van der Waals surface area contributed by atoms with E-state index >= 15 is 0 Å². The third-order valence-corrected chi connectivity index (χ3v) is 12.5. The molecule has 3 nitrogen and oxygen atoms in total. The van der Waals surface area contributed by atoms with Gasteiger partial charge in [-0.15, -0.1) is 0 Å². The van der Waals surface area contributed by atoms with Crippen LogP contribution >= 0.6 is 15.8 Å². The number of hydrogen-bond donors (Lipinski definition) is 0. The summed E-state index contributed by atoms with van der Waals surface area (Å²) in [5.74, 6) is -0.656. The number of rotatable bonds is 7. The molecule has 0 spiro atoms. The summed E-state index contributed by atoms with van der Waals surface area (Å²) in [5.41, 5.74) is 0.170. The zero-order chi connectivity index (χ0) is 25.2. The van der Waals surface area contributed by atoms with E-state index in [4.69, 9.17) is 14.2 Å². The molecule has 0 N–H and O–H groups in total. The Morgan fingerprint density at radius 1 is 0.595 bits per heavy atom. The Morgan fingerprint density at radius 2 is 1.03 bits per heavy atom. The molecule has 6 rings (SSSR count). The summed E-state index contributed by atoms with van der Waals surface area (Å²) in [6.45, 7) is 3.99. The molecule has 4 atom stereocenters. The van der Waals surface area contributed by atoms with Gasteiger partial charge in [-0.2, -0.15) is 0 Å². The first-order chi connectivity index (χ1) is 18.1. The molecule has 4 aromatic rings. The highest BCUT2D eigenvalue weighted by molar-refractivity contribution is 7.74. The quantitative estimate of drug-likeness (QED) is 0.298. The van der Waals surface area contributed by atoms with E-state index in [9.17, 15) is 0 Å². The van der Waals surface area contributed by atoms with Crippen molar-refractivity contribution in [3.8, 4) is 0 Å². The van der Waals surface area contributed by atoms with Gasteiger partial charge in [0.2, 0.25) is 0 Å². The van der Waals surface area contributed by atoms with E-state index in [1.54, 1.807) is 0 Å². The maximum absolute atomic E-state index is 6.82. The molecule has 0 radical (unpaired) electrons. The maximum atomic E-state index is 6.82.